The van der Waals surface area contributed by atoms with Crippen LogP contribution in [0.4, 0.5) is 0 Å². The van der Waals surface area contributed by atoms with Crippen LogP contribution in [-0.2, 0) is 6.54 Å². The van der Waals surface area contributed by atoms with Crippen LogP contribution in [0.2, 0.25) is 0 Å². The van der Waals surface area contributed by atoms with Gasteiger partial charge in [-0.3, -0.25) is 9.78 Å². The number of nitrogens with zero attached hydrogens (tertiary/aromatic N) is 5. The van der Waals surface area contributed by atoms with E-state index in [4.69, 9.17) is 0 Å². The van der Waals surface area contributed by atoms with Crippen LogP contribution < -0.4 is 0 Å². The zero-order chi connectivity index (χ0) is 18.8. The molecular weight excluding hydrogens is 338 g/mol. The van der Waals surface area contributed by atoms with Crippen LogP contribution in [-0.4, -0.2) is 43.4 Å². The lowest BCUT2D eigenvalue weighted by atomic mass is 9.84. The monoisotopic (exact) mass is 367 g/mol. The molecule has 6 nitrogen and oxygen atoms in total. The van der Waals surface area contributed by atoms with E-state index in [2.05, 4.69) is 26.4 Å². The summed E-state index contributed by atoms with van der Waals surface area (Å²) in [4.78, 5) is 27.6. The lowest BCUT2D eigenvalue weighted by Gasteiger charge is -2.32. The molecule has 1 amide bonds. The number of carbonyl (C=O) groups is 1. The van der Waals surface area contributed by atoms with E-state index in [1.807, 2.05) is 18.0 Å². The molecule has 2 fully saturated rings. The number of piperidine rings is 1. The number of aromatic nitrogens is 4. The van der Waals surface area contributed by atoms with Crippen molar-refractivity contribution in [2.24, 2.45) is 5.92 Å². The SMILES string of the molecule is Cc1cnc(C(=O)N2CCC(CCn3c(C)cnc3C3CCC3)CC2)cn1. The third-order valence-corrected chi connectivity index (χ3v) is 6.22. The molecule has 0 bridgehead atoms. The second-order valence-corrected chi connectivity index (χ2v) is 8.10. The summed E-state index contributed by atoms with van der Waals surface area (Å²) in [5, 5.41) is 0. The van der Waals surface area contributed by atoms with Crippen molar-refractivity contribution in [2.75, 3.05) is 13.1 Å². The first-order valence-corrected chi connectivity index (χ1v) is 10.2. The Balaban J connectivity index is 1.29. The van der Waals surface area contributed by atoms with Crippen molar-refractivity contribution in [1.82, 2.24) is 24.4 Å². The Bertz CT molecular complexity index is 785. The third kappa shape index (κ3) is 3.89. The van der Waals surface area contributed by atoms with Crippen molar-refractivity contribution in [3.05, 3.63) is 41.5 Å². The molecule has 2 aliphatic rings. The molecule has 0 spiro atoms. The molecular formula is C21H29N5O. The van der Waals surface area contributed by atoms with Gasteiger partial charge in [0.2, 0.25) is 0 Å². The average molecular weight is 367 g/mol. The number of hydrogen-bond donors (Lipinski definition) is 0. The molecule has 2 aromatic heterocycles. The van der Waals surface area contributed by atoms with Crippen molar-refractivity contribution in [1.29, 1.82) is 0 Å². The highest BCUT2D eigenvalue weighted by Crippen LogP contribution is 2.36. The second kappa shape index (κ2) is 7.79. The van der Waals surface area contributed by atoms with Crippen LogP contribution >= 0.6 is 0 Å². The maximum Gasteiger partial charge on any atom is 0.274 e. The first-order chi connectivity index (χ1) is 13.1. The predicted octanol–water partition coefficient (Wildman–Crippen LogP) is 3.50. The molecule has 0 atom stereocenters. The fourth-order valence-corrected chi connectivity index (χ4v) is 4.16. The minimum atomic E-state index is 0.0127. The summed E-state index contributed by atoms with van der Waals surface area (Å²) in [5.74, 6) is 2.66. The molecule has 1 aliphatic carbocycles. The number of imidazole rings is 1. The zero-order valence-corrected chi connectivity index (χ0v) is 16.4. The molecule has 0 N–H and O–H groups in total. The summed E-state index contributed by atoms with van der Waals surface area (Å²) in [6, 6.07) is 0. The van der Waals surface area contributed by atoms with Crippen molar-refractivity contribution < 1.29 is 4.79 Å². The molecule has 4 rings (SSSR count). The summed E-state index contributed by atoms with van der Waals surface area (Å²) in [6.07, 6.45) is 12.5. The minimum absolute atomic E-state index is 0.0127. The Morgan fingerprint density at radius 1 is 1.04 bits per heavy atom. The predicted molar refractivity (Wildman–Crippen MR) is 104 cm³/mol. The van der Waals surface area contributed by atoms with E-state index in [0.29, 0.717) is 17.5 Å². The number of amides is 1. The van der Waals surface area contributed by atoms with Gasteiger partial charge in [0.1, 0.15) is 11.5 Å². The van der Waals surface area contributed by atoms with Gasteiger partial charge in [-0.15, -0.1) is 0 Å². The smallest absolute Gasteiger partial charge is 0.274 e. The Kier molecular flexibility index (Phi) is 5.23. The molecule has 27 heavy (non-hydrogen) atoms. The lowest BCUT2D eigenvalue weighted by molar-refractivity contribution is 0.0678. The minimum Gasteiger partial charge on any atom is -0.337 e. The molecule has 1 saturated carbocycles. The van der Waals surface area contributed by atoms with Crippen molar-refractivity contribution >= 4 is 5.91 Å². The maximum absolute atomic E-state index is 12.6. The summed E-state index contributed by atoms with van der Waals surface area (Å²) in [7, 11) is 0. The van der Waals surface area contributed by atoms with Gasteiger partial charge in [0.15, 0.2) is 0 Å². The average Bonchev–Trinajstić information content (AvgIpc) is 2.99. The van der Waals surface area contributed by atoms with E-state index in [1.54, 1.807) is 12.4 Å². The Labute approximate surface area is 161 Å². The van der Waals surface area contributed by atoms with Crippen LogP contribution in [0.5, 0.6) is 0 Å². The molecule has 0 aromatic carbocycles. The zero-order valence-electron chi connectivity index (χ0n) is 16.4. The summed E-state index contributed by atoms with van der Waals surface area (Å²) < 4.78 is 2.43. The summed E-state index contributed by atoms with van der Waals surface area (Å²) in [6.45, 7) is 6.73. The number of hydrogen-bond acceptors (Lipinski definition) is 4. The van der Waals surface area contributed by atoms with E-state index in [0.717, 1.165) is 38.2 Å². The van der Waals surface area contributed by atoms with Crippen molar-refractivity contribution in [2.45, 2.75) is 64.8 Å². The van der Waals surface area contributed by atoms with Crippen LogP contribution in [0.15, 0.2) is 18.6 Å². The fraction of sp³-hybridized carbons (Fsp3) is 0.619. The van der Waals surface area contributed by atoms with Gasteiger partial charge in [0.25, 0.3) is 5.91 Å². The van der Waals surface area contributed by atoms with Crippen LogP contribution in [0.1, 0.15) is 72.1 Å². The van der Waals surface area contributed by atoms with E-state index in [-0.39, 0.29) is 5.91 Å². The normalized spacial score (nSPS) is 18.5. The maximum atomic E-state index is 12.6. The first kappa shape index (κ1) is 18.1. The molecule has 1 aliphatic heterocycles. The van der Waals surface area contributed by atoms with Gasteiger partial charge >= 0.3 is 0 Å². The molecule has 1 saturated heterocycles. The molecule has 2 aromatic rings. The van der Waals surface area contributed by atoms with E-state index in [1.165, 1.54) is 37.2 Å². The summed E-state index contributed by atoms with van der Waals surface area (Å²) in [5.41, 5.74) is 2.57. The van der Waals surface area contributed by atoms with E-state index < -0.39 is 0 Å². The first-order valence-electron chi connectivity index (χ1n) is 10.2. The molecule has 0 radical (unpaired) electrons. The second-order valence-electron chi connectivity index (χ2n) is 8.10. The number of likely N-dealkylation sites (tertiary alicyclic amines) is 1. The highest BCUT2D eigenvalue weighted by atomic mass is 16.2. The highest BCUT2D eigenvalue weighted by molar-refractivity contribution is 5.92. The standard InChI is InChI=1S/C21H29N5O/c1-15-12-23-19(14-22-15)21(27)25-9-6-17(7-10-25)8-11-26-16(2)13-24-20(26)18-4-3-5-18/h12-14,17-18H,3-11H2,1-2H3. The van der Waals surface area contributed by atoms with Gasteiger partial charge in [0, 0.05) is 43.6 Å². The van der Waals surface area contributed by atoms with Gasteiger partial charge in [-0.2, -0.15) is 0 Å². The lowest BCUT2D eigenvalue weighted by Crippen LogP contribution is -2.39. The largest absolute Gasteiger partial charge is 0.337 e. The highest BCUT2D eigenvalue weighted by Gasteiger charge is 2.27. The molecule has 144 valence electrons. The number of carbonyl (C=O) groups excluding carboxylic acids is 1. The van der Waals surface area contributed by atoms with Gasteiger partial charge in [-0.05, 0) is 51.9 Å². The molecule has 0 unspecified atom stereocenters. The van der Waals surface area contributed by atoms with Gasteiger partial charge < -0.3 is 9.47 Å². The summed E-state index contributed by atoms with van der Waals surface area (Å²) >= 11 is 0. The van der Waals surface area contributed by atoms with Gasteiger partial charge in [-0.25, -0.2) is 9.97 Å². The van der Waals surface area contributed by atoms with Crippen molar-refractivity contribution in [3.8, 4) is 0 Å². The Morgan fingerprint density at radius 2 is 1.81 bits per heavy atom. The van der Waals surface area contributed by atoms with Crippen molar-refractivity contribution in [3.63, 3.8) is 0 Å². The van der Waals surface area contributed by atoms with E-state index >= 15 is 0 Å². The van der Waals surface area contributed by atoms with Crippen LogP contribution in [0.25, 0.3) is 0 Å². The molecule has 6 heteroatoms. The number of rotatable bonds is 5. The van der Waals surface area contributed by atoms with E-state index in [9.17, 15) is 4.79 Å². The topological polar surface area (TPSA) is 63.9 Å². The van der Waals surface area contributed by atoms with Crippen LogP contribution in [0, 0.1) is 19.8 Å². The van der Waals surface area contributed by atoms with Gasteiger partial charge in [-0.1, -0.05) is 6.42 Å². The Hall–Kier alpha value is -2.24. The quantitative estimate of drug-likeness (QED) is 0.811. The van der Waals surface area contributed by atoms with Crippen LogP contribution in [0.3, 0.4) is 0 Å². The number of aryl methyl sites for hydroxylation is 2. The Morgan fingerprint density at radius 3 is 2.44 bits per heavy atom. The fourth-order valence-electron chi connectivity index (χ4n) is 4.16. The van der Waals surface area contributed by atoms with Gasteiger partial charge in [0.05, 0.1) is 11.9 Å². The third-order valence-electron chi connectivity index (χ3n) is 6.22. The molecule has 3 heterocycles.